The molecule has 0 unspecified atom stereocenters. The smallest absolute Gasteiger partial charge is 0.0904 e. The maximum absolute atomic E-state index is 2.68. The molecule has 0 fully saturated rings. The molecule has 0 spiro atoms. The zero-order valence-electron chi connectivity index (χ0n) is 35.9. The summed E-state index contributed by atoms with van der Waals surface area (Å²) in [6.45, 7) is 45.9. The highest BCUT2D eigenvalue weighted by atomic mass is 32.1. The summed E-state index contributed by atoms with van der Waals surface area (Å²) in [7, 11) is -9.68. The van der Waals surface area contributed by atoms with Gasteiger partial charge in [0.05, 0.1) is 75.6 Å². The molecule has 7 rings (SSSR count). The van der Waals surface area contributed by atoms with Crippen LogP contribution in [0.4, 0.5) is 0 Å². The summed E-state index contributed by atoms with van der Waals surface area (Å²) in [6.07, 6.45) is 0. The average Bonchev–Trinajstić information content (AvgIpc) is 3.82. The lowest BCUT2D eigenvalue weighted by atomic mass is 10.2. The summed E-state index contributed by atoms with van der Waals surface area (Å²) >= 11 is 12.9. The van der Waals surface area contributed by atoms with Crippen molar-refractivity contribution in [3.63, 3.8) is 0 Å². The highest BCUT2D eigenvalue weighted by Gasteiger charge is 2.27. The Hall–Kier alpha value is -0.499. The second-order valence-corrected chi connectivity index (χ2v) is 60.3. The fraction of sp³-hybridized carbons (Fsp3) is 0.429. The summed E-state index contributed by atoms with van der Waals surface area (Å²) in [6, 6.07) is 16.1. The Labute approximate surface area is 352 Å². The van der Waals surface area contributed by atoms with E-state index in [9.17, 15) is 0 Å². The minimum atomic E-state index is -1.61. The molecule has 0 aliphatic heterocycles. The first-order valence-corrected chi connectivity index (χ1v) is 45.3. The van der Waals surface area contributed by atoms with Crippen molar-refractivity contribution < 1.29 is 0 Å². The normalized spacial score (nSPS) is 18.1. The van der Waals surface area contributed by atoms with E-state index in [1.165, 1.54) is 58.5 Å². The molecular weight excluding hydrogens is 865 g/mol. The van der Waals surface area contributed by atoms with E-state index >= 15 is 0 Å². The van der Waals surface area contributed by atoms with Crippen molar-refractivity contribution in [1.82, 2.24) is 0 Å². The highest BCUT2D eigenvalue weighted by molar-refractivity contribution is 7.30. The fourth-order valence-electron chi connectivity index (χ4n) is 6.78. The van der Waals surface area contributed by atoms with E-state index in [1.54, 1.807) is 27.0 Å². The van der Waals surface area contributed by atoms with Gasteiger partial charge in [0.1, 0.15) is 0 Å². The molecule has 0 saturated carbocycles. The lowest BCUT2D eigenvalue weighted by Gasteiger charge is -2.12. The number of thiophene rings is 6. The van der Waals surface area contributed by atoms with Crippen LogP contribution < -0.4 is 27.0 Å². The molecule has 1 aliphatic carbocycles. The van der Waals surface area contributed by atoms with Gasteiger partial charge in [0, 0.05) is 31.3 Å². The molecule has 6 aromatic rings. The van der Waals surface area contributed by atoms with Crippen LogP contribution in [-0.2, 0) is 0 Å². The Morgan fingerprint density at radius 2 is 0.333 bits per heavy atom. The van der Waals surface area contributed by atoms with E-state index in [1.807, 2.05) is 0 Å². The number of rotatable bonds is 6. The van der Waals surface area contributed by atoms with Gasteiger partial charge in [-0.3, -0.25) is 0 Å². The molecular formula is C42H60S6Si6. The maximum Gasteiger partial charge on any atom is 0.0904 e. The standard InChI is InChI=1S/C42H60S6Si6/c1-49(2,3)31-19-25-26-20-32(50(4,5)6)45-39(26)40-29(23-35(46-40)53(13,14)15)30-24-36(54(16,17)18)48-42(30)41-28(22-34(47-41)52(10,11)12)27-21-33(51(7,8)9)44-38(27)37(25)43-31/h19-24H,1-18H3/b26-25-,28-27-,30-29+,38-37-,40-39-,42-41+. The second-order valence-electron chi connectivity index (χ2n) is 21.6. The van der Waals surface area contributed by atoms with E-state index in [4.69, 9.17) is 0 Å². The minimum absolute atomic E-state index is 1.50. The molecule has 0 saturated heterocycles. The van der Waals surface area contributed by atoms with Gasteiger partial charge >= 0.3 is 0 Å². The van der Waals surface area contributed by atoms with Gasteiger partial charge in [-0.15, -0.1) is 68.0 Å². The zero-order chi connectivity index (χ0) is 39.9. The lowest BCUT2D eigenvalue weighted by Crippen LogP contribution is -2.35. The molecule has 0 N–H and O–H groups in total. The summed E-state index contributed by atoms with van der Waals surface area (Å²) in [5, 5.41) is 9.02. The third-order valence-corrected chi connectivity index (χ3v) is 39.1. The first-order chi connectivity index (χ1) is 24.5. The molecule has 0 bridgehead atoms. The Bertz CT molecular complexity index is 2300. The Morgan fingerprint density at radius 1 is 0.222 bits per heavy atom. The summed E-state index contributed by atoms with van der Waals surface area (Å²) in [4.78, 5) is 0. The Morgan fingerprint density at radius 3 is 0.426 bits per heavy atom. The van der Waals surface area contributed by atoms with Crippen molar-refractivity contribution >= 4 is 143 Å². The van der Waals surface area contributed by atoms with Crippen molar-refractivity contribution in [3.8, 4) is 0 Å². The quantitative estimate of drug-likeness (QED) is 0.146. The summed E-state index contributed by atoms with van der Waals surface area (Å²) < 4.78 is 19.0. The van der Waals surface area contributed by atoms with E-state index in [2.05, 4.69) is 222 Å². The second kappa shape index (κ2) is 13.5. The summed E-state index contributed by atoms with van der Waals surface area (Å²) in [5.74, 6) is 0. The van der Waals surface area contributed by atoms with Crippen molar-refractivity contribution in [2.24, 2.45) is 0 Å². The van der Waals surface area contributed by atoms with E-state index in [0.717, 1.165) is 0 Å². The SMILES string of the molecule is C[Si](C)(C)c1cc2/c(s1)=c1/sc([Si](C)(C)C)c/c1=c1\cc([Si](C)(C)C)s\c1=c1\sc([Si](C)(C)C)c\c1=c1\cc([Si](C)(C)C)s\c1=c1/sc([Si](C)(C)C)c/c1=2. The number of fused-ring (bicyclic) bond motifs is 6. The van der Waals surface area contributed by atoms with Crippen LogP contribution in [0.3, 0.4) is 0 Å². The molecule has 0 nitrogen and oxygen atoms in total. The van der Waals surface area contributed by atoms with Gasteiger partial charge in [-0.2, -0.15) is 0 Å². The monoisotopic (exact) mass is 924 g/mol. The van der Waals surface area contributed by atoms with Gasteiger partial charge in [-0.25, -0.2) is 0 Å². The third-order valence-electron chi connectivity index (χ3n) is 10.3. The predicted molar refractivity (Wildman–Crippen MR) is 270 cm³/mol. The predicted octanol–water partition coefficient (Wildman–Crippen LogP) is 11.4. The van der Waals surface area contributed by atoms with Gasteiger partial charge in [0.2, 0.25) is 0 Å². The average molecular weight is 926 g/mol. The summed E-state index contributed by atoms with van der Waals surface area (Å²) in [5.41, 5.74) is 0. The largest absolute Gasteiger partial charge is 0.143 e. The van der Waals surface area contributed by atoms with E-state index < -0.39 is 48.4 Å². The van der Waals surface area contributed by atoms with Crippen molar-refractivity contribution in [2.75, 3.05) is 0 Å². The van der Waals surface area contributed by atoms with Crippen LogP contribution in [0.25, 0.3) is 0 Å². The van der Waals surface area contributed by atoms with Gasteiger partial charge < -0.3 is 0 Å². The maximum atomic E-state index is 2.68. The van der Waals surface area contributed by atoms with Crippen molar-refractivity contribution in [2.45, 2.75) is 118 Å². The van der Waals surface area contributed by atoms with Gasteiger partial charge in [0.15, 0.2) is 0 Å². The first-order valence-electron chi connectivity index (χ1n) is 19.4. The van der Waals surface area contributed by atoms with Crippen LogP contribution in [-0.4, -0.2) is 48.4 Å². The highest BCUT2D eigenvalue weighted by Crippen LogP contribution is 2.26. The van der Waals surface area contributed by atoms with Gasteiger partial charge in [-0.05, 0) is 63.4 Å². The van der Waals surface area contributed by atoms with Crippen LogP contribution in [0.1, 0.15) is 0 Å². The minimum Gasteiger partial charge on any atom is -0.143 e. The van der Waals surface area contributed by atoms with Crippen molar-refractivity contribution in [1.29, 1.82) is 0 Å². The topological polar surface area (TPSA) is 0 Å². The molecule has 0 aromatic carbocycles. The van der Waals surface area contributed by atoms with Gasteiger partial charge in [0.25, 0.3) is 0 Å². The molecule has 6 aromatic heterocycles. The Kier molecular flexibility index (Phi) is 10.4. The van der Waals surface area contributed by atoms with Crippen LogP contribution in [0.15, 0.2) is 36.4 Å². The van der Waals surface area contributed by atoms with Crippen LogP contribution in [0.5, 0.6) is 0 Å². The lowest BCUT2D eigenvalue weighted by molar-refractivity contribution is 1.45. The molecule has 288 valence electrons. The molecule has 0 radical (unpaired) electrons. The Balaban J connectivity index is 2.09. The number of hydrogen-bond acceptors (Lipinski definition) is 6. The fourth-order valence-corrected chi connectivity index (χ4v) is 25.4. The molecule has 0 amide bonds. The van der Waals surface area contributed by atoms with Crippen LogP contribution >= 0.6 is 68.0 Å². The molecule has 0 atom stereocenters. The number of hydrogen-bond donors (Lipinski definition) is 0. The molecule has 1 aliphatic rings. The van der Waals surface area contributed by atoms with Gasteiger partial charge in [-0.1, -0.05) is 118 Å². The van der Waals surface area contributed by atoms with Crippen LogP contribution in [0, 0.1) is 58.5 Å². The first kappa shape index (κ1) is 41.7. The zero-order valence-corrected chi connectivity index (χ0v) is 46.8. The molecule has 12 heteroatoms. The molecule has 6 heterocycles. The van der Waals surface area contributed by atoms with E-state index in [-0.39, 0.29) is 0 Å². The molecule has 54 heavy (non-hydrogen) atoms. The van der Waals surface area contributed by atoms with E-state index in [0.29, 0.717) is 0 Å². The van der Waals surface area contributed by atoms with Crippen molar-refractivity contribution in [3.05, 3.63) is 94.9 Å². The third kappa shape index (κ3) is 7.60. The van der Waals surface area contributed by atoms with Crippen LogP contribution in [0.2, 0.25) is 118 Å².